The number of anilines is 2. The van der Waals surface area contributed by atoms with Gasteiger partial charge in [-0.15, -0.1) is 0 Å². The molecule has 0 atom stereocenters. The molecule has 3 rings (SSSR count). The fourth-order valence-corrected chi connectivity index (χ4v) is 5.12. The maximum atomic E-state index is 12.7. The highest BCUT2D eigenvalue weighted by atomic mass is 32.2. The second-order valence-electron chi connectivity index (χ2n) is 7.26. The highest BCUT2D eigenvalue weighted by molar-refractivity contribution is 7.93. The SMILES string of the molecule is Cc1ccc(C)c(NS(=O)(=O)c2ccc(NS(=O)(=O)c3ccc(C)c([N+](=O)[O-])c3)cc2)c1. The van der Waals surface area contributed by atoms with Crippen LogP contribution in [0.3, 0.4) is 0 Å². The Hall–Kier alpha value is -3.44. The molecule has 0 aliphatic rings. The second kappa shape index (κ2) is 8.60. The van der Waals surface area contributed by atoms with E-state index in [2.05, 4.69) is 9.44 Å². The zero-order chi connectivity index (χ0) is 23.7. The van der Waals surface area contributed by atoms with Gasteiger partial charge in [0.2, 0.25) is 0 Å². The molecule has 2 N–H and O–H groups in total. The quantitative estimate of drug-likeness (QED) is 0.390. The molecule has 0 amide bonds. The Bertz CT molecular complexity index is 1400. The van der Waals surface area contributed by atoms with E-state index in [1.165, 1.54) is 43.3 Å². The Morgan fingerprint density at radius 1 is 0.719 bits per heavy atom. The van der Waals surface area contributed by atoms with E-state index in [-0.39, 0.29) is 21.2 Å². The van der Waals surface area contributed by atoms with Gasteiger partial charge in [0.15, 0.2) is 0 Å². The monoisotopic (exact) mass is 475 g/mol. The lowest BCUT2D eigenvalue weighted by Gasteiger charge is -2.12. The van der Waals surface area contributed by atoms with Crippen molar-refractivity contribution in [1.29, 1.82) is 0 Å². The largest absolute Gasteiger partial charge is 0.280 e. The van der Waals surface area contributed by atoms with Crippen LogP contribution in [0.1, 0.15) is 16.7 Å². The summed E-state index contributed by atoms with van der Waals surface area (Å²) in [6.07, 6.45) is 0. The van der Waals surface area contributed by atoms with Crippen molar-refractivity contribution in [3.8, 4) is 0 Å². The smallest absolute Gasteiger partial charge is 0.273 e. The van der Waals surface area contributed by atoms with Crippen molar-refractivity contribution in [1.82, 2.24) is 0 Å². The molecule has 0 fully saturated rings. The van der Waals surface area contributed by atoms with Crippen LogP contribution < -0.4 is 9.44 Å². The van der Waals surface area contributed by atoms with Crippen LogP contribution in [0.15, 0.2) is 70.5 Å². The zero-order valence-electron chi connectivity index (χ0n) is 17.5. The van der Waals surface area contributed by atoms with Gasteiger partial charge in [-0.1, -0.05) is 18.2 Å². The molecule has 3 aromatic carbocycles. The third kappa shape index (κ3) is 5.06. The molecule has 0 aliphatic carbocycles. The summed E-state index contributed by atoms with van der Waals surface area (Å²) in [5.74, 6) is 0. The molecule has 0 spiro atoms. The number of nitrogens with one attached hydrogen (secondary N) is 2. The highest BCUT2D eigenvalue weighted by Crippen LogP contribution is 2.25. The first-order valence-corrected chi connectivity index (χ1v) is 12.3. The Morgan fingerprint density at radius 2 is 1.28 bits per heavy atom. The standard InChI is InChI=1S/C21H21N3O6S2/c1-14-4-5-15(2)20(12-14)23-31(27,28)18-10-7-17(8-11-18)22-32(29,30)19-9-6-16(3)21(13-19)24(25)26/h4-13,22-23H,1-3H3. The third-order valence-corrected chi connectivity index (χ3v) is 7.50. The zero-order valence-corrected chi connectivity index (χ0v) is 19.1. The number of nitro groups is 1. The first-order valence-electron chi connectivity index (χ1n) is 9.37. The van der Waals surface area contributed by atoms with Crippen molar-refractivity contribution in [2.24, 2.45) is 0 Å². The van der Waals surface area contributed by atoms with Crippen LogP contribution in [0.25, 0.3) is 0 Å². The van der Waals surface area contributed by atoms with Gasteiger partial charge < -0.3 is 0 Å². The van der Waals surface area contributed by atoms with Crippen LogP contribution in [-0.2, 0) is 20.0 Å². The second-order valence-corrected chi connectivity index (χ2v) is 10.6. The highest BCUT2D eigenvalue weighted by Gasteiger charge is 2.21. The lowest BCUT2D eigenvalue weighted by atomic mass is 10.1. The fraction of sp³-hybridized carbons (Fsp3) is 0.143. The fourth-order valence-electron chi connectivity index (χ4n) is 2.92. The lowest BCUT2D eigenvalue weighted by Crippen LogP contribution is -2.15. The van der Waals surface area contributed by atoms with Crippen LogP contribution in [0.4, 0.5) is 17.1 Å². The number of aryl methyl sites for hydroxylation is 3. The maximum Gasteiger partial charge on any atom is 0.273 e. The predicted molar refractivity (Wildman–Crippen MR) is 122 cm³/mol. The Morgan fingerprint density at radius 3 is 1.91 bits per heavy atom. The summed E-state index contributed by atoms with van der Waals surface area (Å²) in [6.45, 7) is 5.14. The summed E-state index contributed by atoms with van der Waals surface area (Å²) >= 11 is 0. The summed E-state index contributed by atoms with van der Waals surface area (Å²) in [4.78, 5) is 10.1. The van der Waals surface area contributed by atoms with Gasteiger partial charge in [0.25, 0.3) is 25.7 Å². The minimum atomic E-state index is -4.11. The van der Waals surface area contributed by atoms with Crippen molar-refractivity contribution in [3.63, 3.8) is 0 Å². The van der Waals surface area contributed by atoms with Crippen molar-refractivity contribution in [3.05, 3.63) is 87.5 Å². The molecular weight excluding hydrogens is 454 g/mol. The van der Waals surface area contributed by atoms with Crippen molar-refractivity contribution >= 4 is 37.1 Å². The predicted octanol–water partition coefficient (Wildman–Crippen LogP) is 4.12. The molecule has 0 aliphatic heterocycles. The Labute approximate surface area is 186 Å². The Kier molecular flexibility index (Phi) is 6.24. The molecule has 168 valence electrons. The number of rotatable bonds is 7. The summed E-state index contributed by atoms with van der Waals surface area (Å²) in [6, 6.07) is 14.1. The van der Waals surface area contributed by atoms with Gasteiger partial charge in [-0.05, 0) is 68.3 Å². The summed E-state index contributed by atoms with van der Waals surface area (Å²) in [5, 5.41) is 11.1. The van der Waals surface area contributed by atoms with Crippen LogP contribution >= 0.6 is 0 Å². The number of nitrogens with zero attached hydrogens (tertiary/aromatic N) is 1. The average molecular weight is 476 g/mol. The molecule has 0 bridgehead atoms. The molecule has 32 heavy (non-hydrogen) atoms. The number of sulfonamides is 2. The first kappa shape index (κ1) is 23.2. The molecule has 0 saturated heterocycles. The first-order chi connectivity index (χ1) is 14.9. The van der Waals surface area contributed by atoms with Gasteiger partial charge in [0, 0.05) is 17.3 Å². The number of hydrogen-bond donors (Lipinski definition) is 2. The van der Waals surface area contributed by atoms with Crippen molar-refractivity contribution < 1.29 is 21.8 Å². The molecule has 0 saturated carbocycles. The van der Waals surface area contributed by atoms with Gasteiger partial charge in [-0.2, -0.15) is 0 Å². The number of hydrogen-bond acceptors (Lipinski definition) is 6. The van der Waals surface area contributed by atoms with E-state index < -0.39 is 25.0 Å². The molecule has 0 aromatic heterocycles. The van der Waals surface area contributed by atoms with E-state index >= 15 is 0 Å². The molecule has 3 aromatic rings. The van der Waals surface area contributed by atoms with Crippen LogP contribution in [0, 0.1) is 30.9 Å². The van der Waals surface area contributed by atoms with E-state index in [0.717, 1.165) is 17.2 Å². The van der Waals surface area contributed by atoms with Crippen molar-refractivity contribution in [2.45, 2.75) is 30.6 Å². The molecule has 9 nitrogen and oxygen atoms in total. The lowest BCUT2D eigenvalue weighted by molar-refractivity contribution is -0.385. The minimum Gasteiger partial charge on any atom is -0.280 e. The van der Waals surface area contributed by atoms with Gasteiger partial charge in [0.05, 0.1) is 20.4 Å². The van der Waals surface area contributed by atoms with E-state index in [4.69, 9.17) is 0 Å². The maximum absolute atomic E-state index is 12.7. The van der Waals surface area contributed by atoms with E-state index in [1.807, 2.05) is 13.0 Å². The van der Waals surface area contributed by atoms with Gasteiger partial charge in [-0.3, -0.25) is 19.6 Å². The van der Waals surface area contributed by atoms with Crippen LogP contribution in [-0.4, -0.2) is 21.8 Å². The van der Waals surface area contributed by atoms with Crippen LogP contribution in [0.2, 0.25) is 0 Å². The number of benzene rings is 3. The van der Waals surface area contributed by atoms with E-state index in [0.29, 0.717) is 11.3 Å². The molecule has 11 heteroatoms. The average Bonchev–Trinajstić information content (AvgIpc) is 2.70. The third-order valence-electron chi connectivity index (χ3n) is 4.74. The van der Waals surface area contributed by atoms with E-state index in [9.17, 15) is 26.9 Å². The summed E-state index contributed by atoms with van der Waals surface area (Å²) < 4.78 is 55.5. The number of nitro benzene ring substituents is 1. The minimum absolute atomic E-state index is 0.0488. The molecule has 0 heterocycles. The van der Waals surface area contributed by atoms with E-state index in [1.54, 1.807) is 19.1 Å². The molecule has 0 unspecified atom stereocenters. The summed E-state index contributed by atoms with van der Waals surface area (Å²) in [5.41, 5.74) is 2.24. The van der Waals surface area contributed by atoms with Crippen LogP contribution in [0.5, 0.6) is 0 Å². The molecule has 0 radical (unpaired) electrons. The van der Waals surface area contributed by atoms with Gasteiger partial charge in [-0.25, -0.2) is 16.8 Å². The Balaban J connectivity index is 1.83. The summed E-state index contributed by atoms with van der Waals surface area (Å²) in [7, 11) is -8.00. The van der Waals surface area contributed by atoms with Gasteiger partial charge >= 0.3 is 0 Å². The molecular formula is C21H21N3O6S2. The van der Waals surface area contributed by atoms with Gasteiger partial charge in [0.1, 0.15) is 0 Å². The van der Waals surface area contributed by atoms with Crippen molar-refractivity contribution in [2.75, 3.05) is 9.44 Å². The topological polar surface area (TPSA) is 135 Å². The normalized spacial score (nSPS) is 11.7.